The van der Waals surface area contributed by atoms with Crippen LogP contribution in [0.2, 0.25) is 0 Å². The Morgan fingerprint density at radius 3 is 2.62 bits per heavy atom. The molecule has 21 heavy (non-hydrogen) atoms. The normalized spacial score (nSPS) is 17.6. The highest BCUT2D eigenvalue weighted by Gasteiger charge is 2.22. The number of piperidine rings is 1. The second-order valence-electron chi connectivity index (χ2n) is 6.42. The summed E-state index contributed by atoms with van der Waals surface area (Å²) in [5.74, 6) is 0. The summed E-state index contributed by atoms with van der Waals surface area (Å²) in [7, 11) is 2.20. The molecule has 0 amide bonds. The molecule has 0 saturated carbocycles. The van der Waals surface area contributed by atoms with Crippen LogP contribution in [0.25, 0.3) is 0 Å². The molecule has 118 valence electrons. The molecule has 1 saturated heterocycles. The SMILES string of the molecule is Cc1cccc(CN2CCC(N(C)CCCO)CC2)c1C. The van der Waals surface area contributed by atoms with E-state index in [1.807, 2.05) is 0 Å². The molecule has 2 rings (SSSR count). The highest BCUT2D eigenvalue weighted by Crippen LogP contribution is 2.20. The molecule has 1 aliphatic heterocycles. The van der Waals surface area contributed by atoms with Crippen molar-refractivity contribution in [3.05, 3.63) is 34.9 Å². The second-order valence-corrected chi connectivity index (χ2v) is 6.42. The van der Waals surface area contributed by atoms with Crippen molar-refractivity contribution in [3.8, 4) is 0 Å². The lowest BCUT2D eigenvalue weighted by Crippen LogP contribution is -2.43. The first kappa shape index (κ1) is 16.5. The van der Waals surface area contributed by atoms with Gasteiger partial charge in [0, 0.05) is 25.7 Å². The zero-order chi connectivity index (χ0) is 15.2. The number of aliphatic hydroxyl groups excluding tert-OH is 1. The van der Waals surface area contributed by atoms with Crippen molar-refractivity contribution in [2.24, 2.45) is 0 Å². The van der Waals surface area contributed by atoms with E-state index in [1.54, 1.807) is 0 Å². The molecule has 1 aromatic rings. The predicted molar refractivity (Wildman–Crippen MR) is 88.5 cm³/mol. The van der Waals surface area contributed by atoms with Crippen LogP contribution in [0, 0.1) is 13.8 Å². The second kappa shape index (κ2) is 7.92. The molecule has 0 unspecified atom stereocenters. The summed E-state index contributed by atoms with van der Waals surface area (Å²) in [6, 6.07) is 7.32. The maximum atomic E-state index is 8.93. The molecule has 1 heterocycles. The van der Waals surface area contributed by atoms with Gasteiger partial charge in [-0.1, -0.05) is 18.2 Å². The van der Waals surface area contributed by atoms with E-state index in [-0.39, 0.29) is 0 Å². The Balaban J connectivity index is 1.83. The van der Waals surface area contributed by atoms with Crippen LogP contribution in [0.3, 0.4) is 0 Å². The first-order chi connectivity index (χ1) is 10.1. The molecule has 0 radical (unpaired) electrons. The molecule has 0 bridgehead atoms. The molecule has 1 N–H and O–H groups in total. The largest absolute Gasteiger partial charge is 0.396 e. The summed E-state index contributed by atoms with van der Waals surface area (Å²) in [6.45, 7) is 9.19. The Morgan fingerprint density at radius 2 is 1.95 bits per heavy atom. The lowest BCUT2D eigenvalue weighted by Gasteiger charge is -2.37. The number of rotatable bonds is 6. The number of aliphatic hydroxyl groups is 1. The molecule has 0 aliphatic carbocycles. The minimum atomic E-state index is 0.301. The van der Waals surface area contributed by atoms with Gasteiger partial charge in [-0.15, -0.1) is 0 Å². The number of hydrogen-bond donors (Lipinski definition) is 1. The van der Waals surface area contributed by atoms with Gasteiger partial charge in [0.05, 0.1) is 0 Å². The van der Waals surface area contributed by atoms with E-state index in [0.29, 0.717) is 12.6 Å². The lowest BCUT2D eigenvalue weighted by atomic mass is 10.00. The van der Waals surface area contributed by atoms with Crippen molar-refractivity contribution in [1.29, 1.82) is 0 Å². The Bertz CT molecular complexity index is 439. The van der Waals surface area contributed by atoms with Gasteiger partial charge >= 0.3 is 0 Å². The number of aryl methyl sites for hydroxylation is 1. The highest BCUT2D eigenvalue weighted by atomic mass is 16.3. The highest BCUT2D eigenvalue weighted by molar-refractivity contribution is 5.33. The third-order valence-corrected chi connectivity index (χ3v) is 4.96. The maximum absolute atomic E-state index is 8.93. The van der Waals surface area contributed by atoms with Gasteiger partial charge in [-0.25, -0.2) is 0 Å². The van der Waals surface area contributed by atoms with Crippen molar-refractivity contribution in [2.45, 2.75) is 45.7 Å². The van der Waals surface area contributed by atoms with Gasteiger partial charge in [0.15, 0.2) is 0 Å². The summed E-state index contributed by atoms with van der Waals surface area (Å²) in [4.78, 5) is 5.00. The van der Waals surface area contributed by atoms with E-state index in [9.17, 15) is 0 Å². The van der Waals surface area contributed by atoms with Gasteiger partial charge in [0.1, 0.15) is 0 Å². The van der Waals surface area contributed by atoms with Crippen LogP contribution in [0.4, 0.5) is 0 Å². The van der Waals surface area contributed by atoms with Crippen LogP contribution in [-0.4, -0.2) is 54.2 Å². The van der Waals surface area contributed by atoms with Crippen LogP contribution in [-0.2, 0) is 6.54 Å². The van der Waals surface area contributed by atoms with Gasteiger partial charge in [-0.05, 0) is 69.9 Å². The molecule has 1 aliphatic rings. The average molecular weight is 290 g/mol. The van der Waals surface area contributed by atoms with Crippen LogP contribution >= 0.6 is 0 Å². The number of hydrogen-bond acceptors (Lipinski definition) is 3. The first-order valence-electron chi connectivity index (χ1n) is 8.20. The molecule has 3 heteroatoms. The summed E-state index contributed by atoms with van der Waals surface area (Å²) in [5, 5.41) is 8.93. The molecule has 1 aromatic carbocycles. The van der Waals surface area contributed by atoms with Crippen LogP contribution < -0.4 is 0 Å². The summed E-state index contributed by atoms with van der Waals surface area (Å²) < 4.78 is 0. The van der Waals surface area contributed by atoms with E-state index in [0.717, 1.165) is 19.5 Å². The van der Waals surface area contributed by atoms with Crippen LogP contribution in [0.5, 0.6) is 0 Å². The molecular weight excluding hydrogens is 260 g/mol. The van der Waals surface area contributed by atoms with Crippen LogP contribution in [0.1, 0.15) is 36.0 Å². The summed E-state index contributed by atoms with van der Waals surface area (Å²) in [6.07, 6.45) is 3.37. The van der Waals surface area contributed by atoms with Crippen molar-refractivity contribution in [2.75, 3.05) is 33.3 Å². The van der Waals surface area contributed by atoms with Gasteiger partial charge < -0.3 is 10.0 Å². The maximum Gasteiger partial charge on any atom is 0.0443 e. The van der Waals surface area contributed by atoms with Crippen LogP contribution in [0.15, 0.2) is 18.2 Å². The molecule has 1 fully saturated rings. The minimum Gasteiger partial charge on any atom is -0.396 e. The van der Waals surface area contributed by atoms with E-state index < -0.39 is 0 Å². The van der Waals surface area contributed by atoms with Gasteiger partial charge in [0.25, 0.3) is 0 Å². The smallest absolute Gasteiger partial charge is 0.0443 e. The molecule has 0 aromatic heterocycles. The lowest BCUT2D eigenvalue weighted by molar-refractivity contribution is 0.117. The van der Waals surface area contributed by atoms with Crippen molar-refractivity contribution >= 4 is 0 Å². The summed E-state index contributed by atoms with van der Waals surface area (Å²) >= 11 is 0. The average Bonchev–Trinajstić information content (AvgIpc) is 2.50. The molecular formula is C18H30N2O. The third-order valence-electron chi connectivity index (χ3n) is 4.96. The predicted octanol–water partition coefficient (Wildman–Crippen LogP) is 2.58. The minimum absolute atomic E-state index is 0.301. The van der Waals surface area contributed by atoms with E-state index >= 15 is 0 Å². The monoisotopic (exact) mass is 290 g/mol. The molecule has 0 spiro atoms. The Morgan fingerprint density at radius 1 is 1.24 bits per heavy atom. The van der Waals surface area contributed by atoms with E-state index in [1.165, 1.54) is 42.6 Å². The Kier molecular flexibility index (Phi) is 6.22. The Hall–Kier alpha value is -0.900. The Labute approximate surface area is 129 Å². The fraction of sp³-hybridized carbons (Fsp3) is 0.667. The number of nitrogens with zero attached hydrogens (tertiary/aromatic N) is 2. The van der Waals surface area contributed by atoms with E-state index in [4.69, 9.17) is 5.11 Å². The summed E-state index contributed by atoms with van der Waals surface area (Å²) in [5.41, 5.74) is 4.31. The zero-order valence-corrected chi connectivity index (χ0v) is 13.8. The van der Waals surface area contributed by atoms with Crippen molar-refractivity contribution in [3.63, 3.8) is 0 Å². The topological polar surface area (TPSA) is 26.7 Å². The number of likely N-dealkylation sites (tertiary alicyclic amines) is 1. The fourth-order valence-electron chi connectivity index (χ4n) is 3.24. The first-order valence-corrected chi connectivity index (χ1v) is 8.20. The fourth-order valence-corrected chi connectivity index (χ4v) is 3.24. The standard InChI is InChI=1S/C18H30N2O/c1-15-6-4-7-17(16(15)2)14-20-11-8-18(9-12-20)19(3)10-5-13-21/h4,6-7,18,21H,5,8-14H2,1-3H3. The van der Waals surface area contributed by atoms with Gasteiger partial charge in [-0.3, -0.25) is 4.90 Å². The molecule has 3 nitrogen and oxygen atoms in total. The third kappa shape index (κ3) is 4.53. The van der Waals surface area contributed by atoms with Gasteiger partial charge in [0.2, 0.25) is 0 Å². The van der Waals surface area contributed by atoms with Gasteiger partial charge in [-0.2, -0.15) is 0 Å². The quantitative estimate of drug-likeness (QED) is 0.872. The molecule has 0 atom stereocenters. The number of benzene rings is 1. The van der Waals surface area contributed by atoms with E-state index in [2.05, 4.69) is 48.9 Å². The van der Waals surface area contributed by atoms with Crippen molar-refractivity contribution < 1.29 is 5.11 Å². The zero-order valence-electron chi connectivity index (χ0n) is 13.8. The van der Waals surface area contributed by atoms with Crippen molar-refractivity contribution in [1.82, 2.24) is 9.80 Å².